The number of allylic oxidation sites excluding steroid dienone is 1. The number of sulfonamides is 1. The van der Waals surface area contributed by atoms with Crippen LogP contribution in [0.25, 0.3) is 5.57 Å². The molecule has 1 aliphatic heterocycles. The van der Waals surface area contributed by atoms with Crippen molar-refractivity contribution in [3.8, 4) is 0 Å². The van der Waals surface area contributed by atoms with Crippen molar-refractivity contribution < 1.29 is 22.4 Å². The number of amides is 1. The topological polar surface area (TPSA) is 95.6 Å². The molecule has 1 fully saturated rings. The van der Waals surface area contributed by atoms with Crippen molar-refractivity contribution in [2.24, 2.45) is 0 Å². The Labute approximate surface area is 222 Å². The van der Waals surface area contributed by atoms with Gasteiger partial charge in [0.25, 0.3) is 0 Å². The SMILES string of the molecule is CC.CC(=O)c1ccc(N2CCC(NS(=O)(=O)/C=C(\C)c3ccc(Cl)s3)C2=O)c(F)c1.CCCNC. The van der Waals surface area contributed by atoms with Gasteiger partial charge < -0.3 is 10.2 Å². The number of halogens is 2. The molecule has 0 saturated carbocycles. The summed E-state index contributed by atoms with van der Waals surface area (Å²) in [7, 11) is -1.94. The number of carbonyl (C=O) groups is 2. The van der Waals surface area contributed by atoms with Gasteiger partial charge in [-0.1, -0.05) is 32.4 Å². The Morgan fingerprint density at radius 3 is 2.39 bits per heavy atom. The number of nitrogens with one attached hydrogen (secondary N) is 2. The van der Waals surface area contributed by atoms with Crippen LogP contribution in [0.3, 0.4) is 0 Å². The molecule has 200 valence electrons. The lowest BCUT2D eigenvalue weighted by Crippen LogP contribution is -2.41. The summed E-state index contributed by atoms with van der Waals surface area (Å²) in [5.74, 6) is -1.55. The van der Waals surface area contributed by atoms with Gasteiger partial charge in [0, 0.05) is 17.0 Å². The highest BCUT2D eigenvalue weighted by Crippen LogP contribution is 2.29. The second kappa shape index (κ2) is 15.2. The number of hydrogen-bond acceptors (Lipinski definition) is 6. The average Bonchev–Trinajstić information content (AvgIpc) is 3.41. The lowest BCUT2D eigenvalue weighted by atomic mass is 10.1. The predicted octanol–water partition coefficient (Wildman–Crippen LogP) is 5.47. The summed E-state index contributed by atoms with van der Waals surface area (Å²) in [5, 5.41) is 4.07. The fraction of sp³-hybridized carbons (Fsp3) is 0.440. The van der Waals surface area contributed by atoms with Gasteiger partial charge in [0.05, 0.1) is 15.4 Å². The number of thiophene rings is 1. The molecule has 2 N–H and O–H groups in total. The lowest BCUT2D eigenvalue weighted by Gasteiger charge is -2.18. The third-order valence-corrected chi connectivity index (χ3v) is 7.59. The number of anilines is 1. The second-order valence-electron chi connectivity index (χ2n) is 7.72. The molecule has 1 amide bonds. The summed E-state index contributed by atoms with van der Waals surface area (Å²) < 4.78 is 42.2. The zero-order valence-electron chi connectivity index (χ0n) is 21.5. The average molecular weight is 560 g/mol. The van der Waals surface area contributed by atoms with Crippen molar-refractivity contribution in [3.05, 3.63) is 56.3 Å². The summed E-state index contributed by atoms with van der Waals surface area (Å²) in [6, 6.07) is 6.24. The third kappa shape index (κ3) is 9.40. The first kappa shape index (κ1) is 31.9. The van der Waals surface area contributed by atoms with E-state index in [2.05, 4.69) is 17.0 Å². The van der Waals surface area contributed by atoms with Crippen LogP contribution in [0.5, 0.6) is 0 Å². The zero-order chi connectivity index (χ0) is 27.5. The Hall–Kier alpha value is -2.11. The van der Waals surface area contributed by atoms with Crippen molar-refractivity contribution >= 4 is 55.9 Å². The smallest absolute Gasteiger partial charge is 0.245 e. The number of nitrogens with zero attached hydrogens (tertiary/aromatic N) is 1. The highest BCUT2D eigenvalue weighted by Gasteiger charge is 2.36. The second-order valence-corrected chi connectivity index (χ2v) is 11.0. The van der Waals surface area contributed by atoms with Gasteiger partial charge >= 0.3 is 0 Å². The van der Waals surface area contributed by atoms with Gasteiger partial charge in [0.1, 0.15) is 11.9 Å². The first-order valence-corrected chi connectivity index (χ1v) is 14.5. The first-order valence-electron chi connectivity index (χ1n) is 11.7. The molecule has 2 aromatic rings. The summed E-state index contributed by atoms with van der Waals surface area (Å²) in [6.07, 6.45) is 1.43. The van der Waals surface area contributed by atoms with Crippen LogP contribution < -0.4 is 14.9 Å². The normalized spacial score (nSPS) is 15.7. The summed E-state index contributed by atoms with van der Waals surface area (Å²) >= 11 is 7.12. The standard InChI is InChI=1S/C19H18ClFN2O4S2.C4H11N.C2H6/c1-11(17-5-6-18(20)28-17)10-29(26,27)22-15-7-8-23(19(15)25)16-4-3-13(12(2)24)9-14(16)21;1-3-4-5-2;1-2/h3-6,9-10,15,22H,7-8H2,1-2H3;5H,3-4H2,1-2H3;1-2H3/b11-10+;;. The van der Waals surface area contributed by atoms with E-state index >= 15 is 0 Å². The van der Waals surface area contributed by atoms with Gasteiger partial charge in [-0.15, -0.1) is 11.3 Å². The molecule has 1 unspecified atom stereocenters. The van der Waals surface area contributed by atoms with Gasteiger partial charge in [-0.05, 0) is 76.2 Å². The molecule has 0 aliphatic carbocycles. The quantitative estimate of drug-likeness (QED) is 0.418. The number of Topliss-reactive ketones (excluding diaryl/α,β-unsaturated/α-hetero) is 1. The van der Waals surface area contributed by atoms with Crippen molar-refractivity contribution in [2.45, 2.75) is 53.5 Å². The molecule has 36 heavy (non-hydrogen) atoms. The van der Waals surface area contributed by atoms with Crippen molar-refractivity contribution in [1.29, 1.82) is 0 Å². The lowest BCUT2D eigenvalue weighted by molar-refractivity contribution is -0.118. The minimum atomic E-state index is -3.90. The monoisotopic (exact) mass is 559 g/mol. The fourth-order valence-corrected chi connectivity index (χ4v) is 5.64. The Kier molecular flexibility index (Phi) is 13.5. The zero-order valence-corrected chi connectivity index (χ0v) is 23.9. The number of hydrogen-bond donors (Lipinski definition) is 2. The molecule has 3 rings (SSSR count). The molecule has 7 nitrogen and oxygen atoms in total. The van der Waals surface area contributed by atoms with Crippen LogP contribution >= 0.6 is 22.9 Å². The van der Waals surface area contributed by atoms with E-state index in [9.17, 15) is 22.4 Å². The predicted molar refractivity (Wildman–Crippen MR) is 148 cm³/mol. The van der Waals surface area contributed by atoms with Crippen LogP contribution in [0.4, 0.5) is 10.1 Å². The van der Waals surface area contributed by atoms with Gasteiger partial charge in [0.2, 0.25) is 15.9 Å². The van der Waals surface area contributed by atoms with Gasteiger partial charge in [0.15, 0.2) is 5.78 Å². The molecule has 0 radical (unpaired) electrons. The van der Waals surface area contributed by atoms with E-state index in [0.717, 1.165) is 18.0 Å². The summed E-state index contributed by atoms with van der Waals surface area (Å²) in [5.41, 5.74) is 0.702. The first-order chi connectivity index (χ1) is 17.0. The molecule has 1 aromatic carbocycles. The Balaban J connectivity index is 0.000000826. The molecular weight excluding hydrogens is 525 g/mol. The van der Waals surface area contributed by atoms with E-state index in [1.54, 1.807) is 19.1 Å². The van der Waals surface area contributed by atoms with Crippen LogP contribution in [0.15, 0.2) is 35.7 Å². The van der Waals surface area contributed by atoms with E-state index in [-0.39, 0.29) is 30.0 Å². The fourth-order valence-electron chi connectivity index (χ4n) is 3.27. The number of rotatable bonds is 8. The van der Waals surface area contributed by atoms with Crippen molar-refractivity contribution in [1.82, 2.24) is 10.0 Å². The van der Waals surface area contributed by atoms with Gasteiger partial charge in [-0.2, -0.15) is 4.72 Å². The highest BCUT2D eigenvalue weighted by atomic mass is 35.5. The van der Waals surface area contributed by atoms with Crippen LogP contribution in [0.1, 0.15) is 62.7 Å². The maximum absolute atomic E-state index is 14.4. The van der Waals surface area contributed by atoms with Gasteiger partial charge in [-0.3, -0.25) is 9.59 Å². The van der Waals surface area contributed by atoms with Crippen molar-refractivity contribution in [2.75, 3.05) is 25.0 Å². The highest BCUT2D eigenvalue weighted by molar-refractivity contribution is 7.92. The number of carbonyl (C=O) groups excluding carboxylic acids is 2. The maximum Gasteiger partial charge on any atom is 0.245 e. The minimum Gasteiger partial charge on any atom is -0.320 e. The van der Waals surface area contributed by atoms with E-state index in [1.807, 2.05) is 20.9 Å². The van der Waals surface area contributed by atoms with E-state index < -0.39 is 27.8 Å². The maximum atomic E-state index is 14.4. The molecule has 2 heterocycles. The Morgan fingerprint density at radius 1 is 1.25 bits per heavy atom. The van der Waals surface area contributed by atoms with Gasteiger partial charge in [-0.25, -0.2) is 12.8 Å². The number of ketones is 1. The van der Waals surface area contributed by atoms with E-state index in [4.69, 9.17) is 11.6 Å². The molecule has 11 heteroatoms. The molecule has 1 atom stereocenters. The molecule has 1 aliphatic rings. The van der Waals surface area contributed by atoms with Crippen LogP contribution in [0, 0.1) is 5.82 Å². The van der Waals surface area contributed by atoms with Crippen LogP contribution in [-0.4, -0.2) is 46.3 Å². The van der Waals surface area contributed by atoms with E-state index in [0.29, 0.717) is 14.8 Å². The number of benzene rings is 1. The van der Waals surface area contributed by atoms with E-state index in [1.165, 1.54) is 41.7 Å². The molecule has 0 spiro atoms. The van der Waals surface area contributed by atoms with Crippen molar-refractivity contribution in [3.63, 3.8) is 0 Å². The molecule has 1 saturated heterocycles. The Bertz CT molecular complexity index is 1160. The summed E-state index contributed by atoms with van der Waals surface area (Å²) in [6.45, 7) is 10.4. The molecular formula is C25H35ClFN3O4S2. The largest absolute Gasteiger partial charge is 0.320 e. The third-order valence-electron chi connectivity index (χ3n) is 4.95. The Morgan fingerprint density at radius 2 is 1.92 bits per heavy atom. The minimum absolute atomic E-state index is 0.0154. The van der Waals surface area contributed by atoms with Crippen LogP contribution in [0.2, 0.25) is 4.34 Å². The van der Waals surface area contributed by atoms with Crippen LogP contribution in [-0.2, 0) is 14.8 Å². The molecule has 0 bridgehead atoms. The summed E-state index contributed by atoms with van der Waals surface area (Å²) in [4.78, 5) is 25.9. The molecule has 1 aromatic heterocycles.